The number of hydrogen-bond donors (Lipinski definition) is 0. The first-order valence-electron chi connectivity index (χ1n) is 3.67. The Morgan fingerprint density at radius 2 is 1.59 bits per heavy atom. The minimum atomic E-state index is -1.92. The molecule has 5 radical (unpaired) electrons. The zero-order valence-electron chi connectivity index (χ0n) is 8.93. The predicted molar refractivity (Wildman–Crippen MR) is 60.4 cm³/mol. The normalized spacial score (nSPS) is 12.9. The maximum Gasteiger partial charge on any atom is 2.00 e. The molecule has 0 aliphatic heterocycles. The molecule has 2 nitrogen and oxygen atoms in total. The molecule has 93 valence electrons. The van der Waals surface area contributed by atoms with E-state index < -0.39 is 14.7 Å². The summed E-state index contributed by atoms with van der Waals surface area (Å²) >= 11 is -1.92. The Labute approximate surface area is 149 Å². The maximum atomic E-state index is 10.7. The molecule has 0 saturated heterocycles. The van der Waals surface area contributed by atoms with Gasteiger partial charge < -0.3 is 29.6 Å². The number of methoxy groups -OCH3 is 1. The Morgan fingerprint density at radius 1 is 1.24 bits per heavy atom. The van der Waals surface area contributed by atoms with Crippen LogP contribution in [0.1, 0.15) is 6.42 Å². The molecule has 0 unspecified atom stereocenters. The average molecular weight is 387 g/mol. The number of halogens is 5. The monoisotopic (exact) mass is 384 g/mol. The minimum Gasteiger partial charge on any atom is 2.00 e. The van der Waals surface area contributed by atoms with Crippen LogP contribution in [-0.2, 0) is 24.2 Å². The van der Waals surface area contributed by atoms with Crippen LogP contribution in [0.25, 0.3) is 0 Å². The molecular formula is C8H9Cl5MgO2Ti+. The SMILES string of the molecule is COC(=O)C[C]1[CH][CH][CH][CH]1.[Cl-].[Cl-].[Cl][Ti+]([Cl])[Cl].[Mg+2]. The summed E-state index contributed by atoms with van der Waals surface area (Å²) < 4.78 is 4.48. The number of hydrogen-bond acceptors (Lipinski definition) is 2. The van der Waals surface area contributed by atoms with Gasteiger partial charge >= 0.3 is 71.6 Å². The molecule has 0 heterocycles. The second-order valence-electron chi connectivity index (χ2n) is 2.26. The second-order valence-corrected chi connectivity index (χ2v) is 10.00. The van der Waals surface area contributed by atoms with E-state index >= 15 is 0 Å². The van der Waals surface area contributed by atoms with Gasteiger partial charge in [0, 0.05) is 0 Å². The zero-order valence-corrected chi connectivity index (χ0v) is 15.7. The van der Waals surface area contributed by atoms with Crippen LogP contribution in [0.4, 0.5) is 0 Å². The first kappa shape index (κ1) is 27.7. The van der Waals surface area contributed by atoms with Crippen molar-refractivity contribution in [2.45, 2.75) is 6.42 Å². The number of carbonyl (C=O) groups is 1. The molecule has 0 atom stereocenters. The van der Waals surface area contributed by atoms with Gasteiger partial charge in [0.15, 0.2) is 0 Å². The van der Waals surface area contributed by atoms with Gasteiger partial charge in [-0.1, -0.05) is 0 Å². The van der Waals surface area contributed by atoms with Gasteiger partial charge in [0.1, 0.15) is 0 Å². The summed E-state index contributed by atoms with van der Waals surface area (Å²) in [5, 5.41) is 0. The van der Waals surface area contributed by atoms with Gasteiger partial charge in [-0.15, -0.1) is 0 Å². The summed E-state index contributed by atoms with van der Waals surface area (Å²) in [6.07, 6.45) is 7.98. The molecule has 0 aromatic carbocycles. The maximum absolute atomic E-state index is 10.7. The van der Waals surface area contributed by atoms with Gasteiger partial charge in [-0.3, -0.25) is 4.79 Å². The third-order valence-corrected chi connectivity index (χ3v) is 1.31. The molecule has 0 spiro atoms. The number of esters is 1. The van der Waals surface area contributed by atoms with Crippen molar-refractivity contribution >= 4 is 56.9 Å². The van der Waals surface area contributed by atoms with Crippen LogP contribution in [0.5, 0.6) is 0 Å². The van der Waals surface area contributed by atoms with E-state index in [9.17, 15) is 4.79 Å². The van der Waals surface area contributed by atoms with Gasteiger partial charge in [-0.2, -0.15) is 0 Å². The van der Waals surface area contributed by atoms with Crippen LogP contribution >= 0.6 is 27.9 Å². The van der Waals surface area contributed by atoms with Crippen LogP contribution in [0.3, 0.4) is 0 Å². The van der Waals surface area contributed by atoms with E-state index in [0.717, 1.165) is 5.92 Å². The van der Waals surface area contributed by atoms with E-state index in [1.165, 1.54) is 7.11 Å². The molecule has 0 aromatic heterocycles. The molecule has 1 saturated carbocycles. The first-order chi connectivity index (χ1) is 6.56. The third kappa shape index (κ3) is 20.9. The van der Waals surface area contributed by atoms with Crippen molar-refractivity contribution in [2.75, 3.05) is 7.11 Å². The van der Waals surface area contributed by atoms with Crippen molar-refractivity contribution in [1.82, 2.24) is 0 Å². The number of ether oxygens (including phenoxy) is 1. The van der Waals surface area contributed by atoms with E-state index in [1.807, 2.05) is 25.7 Å². The molecule has 0 N–H and O–H groups in total. The standard InChI is InChI=1S/C8H9O2.5ClH.Mg.Ti/c1-10-8(9)6-7-4-2-3-5-7;;;;;;;/h2-5H,6H2,1H3;5*1H;;/q;;;;;;+2;+4/p-5. The van der Waals surface area contributed by atoms with Gasteiger partial charge in [-0.05, 0) is 31.6 Å². The van der Waals surface area contributed by atoms with Crippen LogP contribution in [-0.4, -0.2) is 36.1 Å². The quantitative estimate of drug-likeness (QED) is 0.366. The second kappa shape index (κ2) is 18.4. The summed E-state index contributed by atoms with van der Waals surface area (Å²) in [4.78, 5) is 10.7. The molecule has 9 heteroatoms. The van der Waals surface area contributed by atoms with Crippen LogP contribution in [0.2, 0.25) is 0 Å². The molecule has 1 rings (SSSR count). The molecule has 0 bridgehead atoms. The molecule has 17 heavy (non-hydrogen) atoms. The number of carbonyl (C=O) groups excluding carboxylic acids is 1. The topological polar surface area (TPSA) is 26.3 Å². The van der Waals surface area contributed by atoms with E-state index in [4.69, 9.17) is 27.9 Å². The van der Waals surface area contributed by atoms with E-state index in [1.54, 1.807) is 0 Å². The number of rotatable bonds is 2. The predicted octanol–water partition coefficient (Wildman–Crippen LogP) is -3.35. The summed E-state index contributed by atoms with van der Waals surface area (Å²) in [6, 6.07) is 0. The zero-order chi connectivity index (χ0) is 11.0. The van der Waals surface area contributed by atoms with Gasteiger partial charge in [0.25, 0.3) is 0 Å². The Kier molecular flexibility index (Phi) is 30.0. The van der Waals surface area contributed by atoms with Crippen molar-refractivity contribution in [2.24, 2.45) is 0 Å². The van der Waals surface area contributed by atoms with Crippen LogP contribution in [0.15, 0.2) is 0 Å². The van der Waals surface area contributed by atoms with E-state index in [2.05, 4.69) is 4.74 Å². The van der Waals surface area contributed by atoms with E-state index in [0.29, 0.717) is 6.42 Å². The summed E-state index contributed by atoms with van der Waals surface area (Å²) in [5.41, 5.74) is 0. The molecule has 0 amide bonds. The Morgan fingerprint density at radius 3 is 1.88 bits per heavy atom. The summed E-state index contributed by atoms with van der Waals surface area (Å²) in [6.45, 7) is 0. The Bertz CT molecular complexity index is 167. The smallest absolute Gasteiger partial charge is 2.00 e. The van der Waals surface area contributed by atoms with Gasteiger partial charge in [0.2, 0.25) is 0 Å². The first-order valence-corrected chi connectivity index (χ1v) is 10.1. The van der Waals surface area contributed by atoms with Gasteiger partial charge in [-0.25, -0.2) is 0 Å². The van der Waals surface area contributed by atoms with Crippen molar-refractivity contribution in [1.29, 1.82) is 0 Å². The average Bonchev–Trinajstić information content (AvgIpc) is 2.55. The molecular weight excluding hydrogens is 378 g/mol. The van der Waals surface area contributed by atoms with Crippen molar-refractivity contribution < 1.29 is 49.0 Å². The molecule has 1 aliphatic carbocycles. The third-order valence-electron chi connectivity index (χ3n) is 1.31. The van der Waals surface area contributed by atoms with Gasteiger partial charge in [0.05, 0.1) is 13.5 Å². The molecule has 1 fully saturated rings. The van der Waals surface area contributed by atoms with Crippen molar-refractivity contribution in [3.63, 3.8) is 0 Å². The molecule has 0 aromatic rings. The summed E-state index contributed by atoms with van der Waals surface area (Å²) in [7, 11) is 16.3. The minimum absolute atomic E-state index is 0. The van der Waals surface area contributed by atoms with Crippen molar-refractivity contribution in [3.05, 3.63) is 31.6 Å². The Balaban J connectivity index is -0.000000108. The fourth-order valence-corrected chi connectivity index (χ4v) is 0.771. The summed E-state index contributed by atoms with van der Waals surface area (Å²) in [5.74, 6) is 0.818. The van der Waals surface area contributed by atoms with E-state index in [-0.39, 0.29) is 53.8 Å². The molecule has 1 aliphatic rings. The van der Waals surface area contributed by atoms with Crippen LogP contribution < -0.4 is 24.8 Å². The fourth-order valence-electron chi connectivity index (χ4n) is 0.771. The van der Waals surface area contributed by atoms with Crippen LogP contribution in [0, 0.1) is 31.6 Å². The van der Waals surface area contributed by atoms with Crippen molar-refractivity contribution in [3.8, 4) is 0 Å². The fraction of sp³-hybridized carbons (Fsp3) is 0.250. The largest absolute Gasteiger partial charge is 2.00 e. The Hall–Kier alpha value is 2.40.